The summed E-state index contributed by atoms with van der Waals surface area (Å²) in [4.78, 5) is 23.7. The molecule has 1 N–H and O–H groups in total. The second-order valence-corrected chi connectivity index (χ2v) is 7.01. The Morgan fingerprint density at radius 1 is 1.12 bits per heavy atom. The molecule has 0 saturated heterocycles. The van der Waals surface area contributed by atoms with Gasteiger partial charge in [-0.15, -0.1) is 0 Å². The Balaban J connectivity index is 1.79. The largest absolute Gasteiger partial charge is 0.482 e. The summed E-state index contributed by atoms with van der Waals surface area (Å²) in [5.74, 6) is -0.0734. The average molecular weight is 420 g/mol. The Kier molecular flexibility index (Phi) is 7.21. The normalized spacial score (nSPS) is 10.5. The molecule has 6 heteroatoms. The van der Waals surface area contributed by atoms with Crippen LogP contribution in [-0.2, 0) is 14.3 Å². The second-order valence-electron chi connectivity index (χ2n) is 6.15. The molecule has 2 aromatic rings. The number of halogens is 1. The Morgan fingerprint density at radius 2 is 1.85 bits per heavy atom. The van der Waals surface area contributed by atoms with Gasteiger partial charge in [0.25, 0.3) is 5.91 Å². The Bertz CT molecular complexity index is 789. The summed E-state index contributed by atoms with van der Waals surface area (Å²) < 4.78 is 11.4. The summed E-state index contributed by atoms with van der Waals surface area (Å²) >= 11 is 3.40. The molecule has 26 heavy (non-hydrogen) atoms. The lowest BCUT2D eigenvalue weighted by Crippen LogP contribution is -2.23. The molecule has 0 bridgehead atoms. The number of carbonyl (C=O) groups is 2. The van der Waals surface area contributed by atoms with Crippen molar-refractivity contribution in [1.82, 2.24) is 0 Å². The summed E-state index contributed by atoms with van der Waals surface area (Å²) in [6.07, 6.45) is 0. The highest BCUT2D eigenvalue weighted by Gasteiger charge is 2.12. The number of para-hydroxylation sites is 1. The van der Waals surface area contributed by atoms with Gasteiger partial charge in [-0.25, -0.2) is 4.79 Å². The highest BCUT2D eigenvalue weighted by atomic mass is 79.9. The fourth-order valence-corrected chi connectivity index (χ4v) is 2.66. The lowest BCUT2D eigenvalue weighted by atomic mass is 10.0. The van der Waals surface area contributed by atoms with E-state index in [1.165, 1.54) is 0 Å². The van der Waals surface area contributed by atoms with Crippen LogP contribution in [0.5, 0.6) is 5.75 Å². The summed E-state index contributed by atoms with van der Waals surface area (Å²) in [6, 6.07) is 13.0. The number of esters is 1. The van der Waals surface area contributed by atoms with E-state index in [9.17, 15) is 9.59 Å². The molecule has 2 rings (SSSR count). The molecule has 0 fully saturated rings. The van der Waals surface area contributed by atoms with Crippen LogP contribution in [0.3, 0.4) is 0 Å². The maximum Gasteiger partial charge on any atom is 0.344 e. The predicted octanol–water partition coefficient (Wildman–Crippen LogP) is 4.44. The number of benzene rings is 2. The molecular formula is C20H22BrNO4. The fraction of sp³-hybridized carbons (Fsp3) is 0.300. The minimum atomic E-state index is -0.594. The van der Waals surface area contributed by atoms with E-state index in [-0.39, 0.29) is 19.1 Å². The number of aryl methyl sites for hydroxylation is 1. The molecule has 5 nitrogen and oxygen atoms in total. The molecule has 0 unspecified atom stereocenters. The van der Waals surface area contributed by atoms with Crippen LogP contribution in [0.2, 0.25) is 0 Å². The van der Waals surface area contributed by atoms with Gasteiger partial charge in [0, 0.05) is 10.2 Å². The van der Waals surface area contributed by atoms with E-state index >= 15 is 0 Å². The van der Waals surface area contributed by atoms with Gasteiger partial charge in [-0.3, -0.25) is 4.79 Å². The van der Waals surface area contributed by atoms with Gasteiger partial charge in [-0.2, -0.15) is 0 Å². The van der Waals surface area contributed by atoms with Crippen molar-refractivity contribution in [3.05, 3.63) is 58.1 Å². The van der Waals surface area contributed by atoms with E-state index in [4.69, 9.17) is 9.47 Å². The monoisotopic (exact) mass is 419 g/mol. The number of anilines is 1. The fourth-order valence-electron chi connectivity index (χ4n) is 2.28. The zero-order valence-electron chi connectivity index (χ0n) is 15.0. The van der Waals surface area contributed by atoms with Crippen molar-refractivity contribution >= 4 is 33.5 Å². The first-order chi connectivity index (χ1) is 12.4. The Morgan fingerprint density at radius 3 is 2.54 bits per heavy atom. The first kappa shape index (κ1) is 20.0. The maximum atomic E-state index is 11.9. The van der Waals surface area contributed by atoms with Gasteiger partial charge in [0.1, 0.15) is 5.75 Å². The van der Waals surface area contributed by atoms with Crippen molar-refractivity contribution in [3.63, 3.8) is 0 Å². The molecule has 0 radical (unpaired) electrons. The highest BCUT2D eigenvalue weighted by Crippen LogP contribution is 2.25. The first-order valence-electron chi connectivity index (χ1n) is 8.30. The number of nitrogens with one attached hydrogen (secondary N) is 1. The lowest BCUT2D eigenvalue weighted by Gasteiger charge is -2.13. The molecule has 0 spiro atoms. The van der Waals surface area contributed by atoms with Crippen molar-refractivity contribution in [1.29, 1.82) is 0 Å². The van der Waals surface area contributed by atoms with E-state index in [1.54, 1.807) is 12.1 Å². The number of ether oxygens (including phenoxy) is 2. The SMILES string of the molecule is Cc1ccc(NC(=O)COC(=O)COc2ccccc2C(C)C)cc1Br. The van der Waals surface area contributed by atoms with Gasteiger partial charge in [0.05, 0.1) is 0 Å². The molecule has 0 aromatic heterocycles. The van der Waals surface area contributed by atoms with E-state index in [2.05, 4.69) is 21.2 Å². The topological polar surface area (TPSA) is 64.6 Å². The number of hydrogen-bond acceptors (Lipinski definition) is 4. The summed E-state index contributed by atoms with van der Waals surface area (Å²) in [7, 11) is 0. The highest BCUT2D eigenvalue weighted by molar-refractivity contribution is 9.10. The molecule has 0 aliphatic heterocycles. The molecule has 0 atom stereocenters. The van der Waals surface area contributed by atoms with Crippen LogP contribution in [0.1, 0.15) is 30.9 Å². The lowest BCUT2D eigenvalue weighted by molar-refractivity contribution is -0.149. The zero-order valence-corrected chi connectivity index (χ0v) is 16.6. The molecule has 0 aliphatic carbocycles. The van der Waals surface area contributed by atoms with Crippen LogP contribution >= 0.6 is 15.9 Å². The third-order valence-corrected chi connectivity index (χ3v) is 4.56. The van der Waals surface area contributed by atoms with E-state index in [0.29, 0.717) is 11.4 Å². The van der Waals surface area contributed by atoms with Crippen molar-refractivity contribution in [2.45, 2.75) is 26.7 Å². The van der Waals surface area contributed by atoms with Crippen molar-refractivity contribution < 1.29 is 19.1 Å². The van der Waals surface area contributed by atoms with Gasteiger partial charge in [-0.1, -0.05) is 54.0 Å². The van der Waals surface area contributed by atoms with Gasteiger partial charge in [-0.05, 0) is 42.2 Å². The molecule has 0 aliphatic rings. The third-order valence-electron chi connectivity index (χ3n) is 3.71. The van der Waals surface area contributed by atoms with Gasteiger partial charge in [0.2, 0.25) is 0 Å². The van der Waals surface area contributed by atoms with Gasteiger partial charge >= 0.3 is 5.97 Å². The first-order valence-corrected chi connectivity index (χ1v) is 9.09. The minimum absolute atomic E-state index is 0.243. The average Bonchev–Trinajstić information content (AvgIpc) is 2.61. The number of hydrogen-bond donors (Lipinski definition) is 1. The predicted molar refractivity (Wildman–Crippen MR) is 104 cm³/mol. The number of amides is 1. The third kappa shape index (κ3) is 5.88. The van der Waals surface area contributed by atoms with Crippen LogP contribution in [0, 0.1) is 6.92 Å². The van der Waals surface area contributed by atoms with Crippen molar-refractivity contribution in [2.75, 3.05) is 18.5 Å². The van der Waals surface area contributed by atoms with Gasteiger partial charge in [0.15, 0.2) is 13.2 Å². The summed E-state index contributed by atoms with van der Waals surface area (Å²) in [6.45, 7) is 5.45. The summed E-state index contributed by atoms with van der Waals surface area (Å²) in [5.41, 5.74) is 2.71. The van der Waals surface area contributed by atoms with Crippen molar-refractivity contribution in [2.24, 2.45) is 0 Å². The molecular weight excluding hydrogens is 398 g/mol. The maximum absolute atomic E-state index is 11.9. The molecule has 2 aromatic carbocycles. The van der Waals surface area contributed by atoms with Gasteiger partial charge < -0.3 is 14.8 Å². The van der Waals surface area contributed by atoms with Crippen LogP contribution in [0.25, 0.3) is 0 Å². The second kappa shape index (κ2) is 9.38. The smallest absolute Gasteiger partial charge is 0.344 e. The van der Waals surface area contributed by atoms with E-state index in [1.807, 2.05) is 51.1 Å². The standard InChI is InChI=1S/C20H22BrNO4/c1-13(2)16-6-4-5-7-18(16)25-12-20(24)26-11-19(23)22-15-9-8-14(3)17(21)10-15/h4-10,13H,11-12H2,1-3H3,(H,22,23). The quantitative estimate of drug-likeness (QED) is 0.673. The Hall–Kier alpha value is -2.34. The summed E-state index contributed by atoms with van der Waals surface area (Å²) in [5, 5.41) is 2.68. The molecule has 0 heterocycles. The van der Waals surface area contributed by atoms with Crippen molar-refractivity contribution in [3.8, 4) is 5.75 Å². The molecule has 1 amide bonds. The van der Waals surface area contributed by atoms with Crippen LogP contribution in [0.4, 0.5) is 5.69 Å². The minimum Gasteiger partial charge on any atom is -0.482 e. The Labute approximate surface area is 161 Å². The zero-order chi connectivity index (χ0) is 19.1. The molecule has 0 saturated carbocycles. The van der Waals surface area contributed by atoms with Crippen LogP contribution < -0.4 is 10.1 Å². The van der Waals surface area contributed by atoms with E-state index in [0.717, 1.165) is 15.6 Å². The van der Waals surface area contributed by atoms with Crippen LogP contribution in [-0.4, -0.2) is 25.1 Å². The molecule has 138 valence electrons. The number of rotatable bonds is 7. The van der Waals surface area contributed by atoms with Crippen LogP contribution in [0.15, 0.2) is 46.9 Å². The number of carbonyl (C=O) groups excluding carboxylic acids is 2. The van der Waals surface area contributed by atoms with E-state index < -0.39 is 11.9 Å².